The van der Waals surface area contributed by atoms with Gasteiger partial charge in [-0.05, 0) is 17.7 Å². The fourth-order valence-electron chi connectivity index (χ4n) is 1.61. The monoisotopic (exact) mass is 234 g/mol. The molecule has 2 rings (SSSR count). The molecule has 0 radical (unpaired) electrons. The summed E-state index contributed by atoms with van der Waals surface area (Å²) < 4.78 is 4.60. The summed E-state index contributed by atoms with van der Waals surface area (Å²) in [5, 5.41) is 4.25. The topological polar surface area (TPSA) is 93.0 Å². The third-order valence-electron chi connectivity index (χ3n) is 2.38. The van der Waals surface area contributed by atoms with Crippen molar-refractivity contribution in [2.24, 2.45) is 5.73 Å². The molecule has 0 spiro atoms. The van der Waals surface area contributed by atoms with Crippen molar-refractivity contribution in [3.8, 4) is 0 Å². The Kier molecular flexibility index (Phi) is 3.56. The van der Waals surface area contributed by atoms with Gasteiger partial charge in [-0.1, -0.05) is 0 Å². The lowest BCUT2D eigenvalue weighted by molar-refractivity contribution is 0.157. The van der Waals surface area contributed by atoms with Crippen molar-refractivity contribution in [1.82, 2.24) is 15.3 Å². The summed E-state index contributed by atoms with van der Waals surface area (Å²) in [6.45, 7) is 1.53. The first-order chi connectivity index (χ1) is 8.27. The number of aromatic amines is 1. The number of carbonyl (C=O) groups is 1. The first kappa shape index (κ1) is 11.4. The van der Waals surface area contributed by atoms with E-state index in [-0.39, 0.29) is 6.61 Å². The number of hydrogen-bond acceptors (Lipinski definition) is 4. The number of ether oxygens (including phenoxy) is 1. The largest absolute Gasteiger partial charge is 0.448 e. The average molecular weight is 234 g/mol. The van der Waals surface area contributed by atoms with Gasteiger partial charge < -0.3 is 20.8 Å². The molecule has 0 aromatic carbocycles. The molecule has 0 aliphatic carbocycles. The maximum atomic E-state index is 10.3. The van der Waals surface area contributed by atoms with E-state index in [0.717, 1.165) is 16.6 Å². The van der Waals surface area contributed by atoms with Crippen LogP contribution in [0.15, 0.2) is 24.5 Å². The van der Waals surface area contributed by atoms with Crippen molar-refractivity contribution in [3.05, 3.63) is 30.1 Å². The molecule has 0 saturated carbocycles. The highest BCUT2D eigenvalue weighted by Gasteiger charge is 2.02. The lowest BCUT2D eigenvalue weighted by atomic mass is 10.2. The molecule has 2 aromatic rings. The van der Waals surface area contributed by atoms with Crippen LogP contribution in [0.5, 0.6) is 0 Å². The zero-order valence-corrected chi connectivity index (χ0v) is 9.27. The Morgan fingerprint density at radius 2 is 2.47 bits per heavy atom. The van der Waals surface area contributed by atoms with Gasteiger partial charge in [0.25, 0.3) is 0 Å². The molecule has 0 bridgehead atoms. The molecular weight excluding hydrogens is 220 g/mol. The van der Waals surface area contributed by atoms with Crippen molar-refractivity contribution in [1.29, 1.82) is 0 Å². The minimum atomic E-state index is -0.747. The zero-order chi connectivity index (χ0) is 12.1. The number of carbonyl (C=O) groups excluding carboxylic acids is 1. The van der Waals surface area contributed by atoms with Crippen LogP contribution in [0, 0.1) is 0 Å². The Hall–Kier alpha value is -2.08. The fourth-order valence-corrected chi connectivity index (χ4v) is 1.61. The maximum absolute atomic E-state index is 10.3. The van der Waals surface area contributed by atoms with Crippen LogP contribution in [0.4, 0.5) is 4.79 Å². The third kappa shape index (κ3) is 2.94. The lowest BCUT2D eigenvalue weighted by Gasteiger charge is -2.03. The molecule has 0 aliphatic heterocycles. The second-order valence-corrected chi connectivity index (χ2v) is 3.56. The molecule has 0 unspecified atom stereocenters. The highest BCUT2D eigenvalue weighted by Crippen LogP contribution is 2.14. The Morgan fingerprint density at radius 1 is 1.59 bits per heavy atom. The van der Waals surface area contributed by atoms with Gasteiger partial charge in [0.2, 0.25) is 0 Å². The zero-order valence-electron chi connectivity index (χ0n) is 9.27. The van der Waals surface area contributed by atoms with E-state index in [1.165, 1.54) is 0 Å². The second-order valence-electron chi connectivity index (χ2n) is 3.56. The lowest BCUT2D eigenvalue weighted by Crippen LogP contribution is -2.23. The summed E-state index contributed by atoms with van der Waals surface area (Å²) in [4.78, 5) is 17.6. The van der Waals surface area contributed by atoms with E-state index >= 15 is 0 Å². The van der Waals surface area contributed by atoms with Crippen LogP contribution in [-0.2, 0) is 11.3 Å². The smallest absolute Gasteiger partial charge is 0.404 e. The van der Waals surface area contributed by atoms with E-state index in [2.05, 4.69) is 20.0 Å². The van der Waals surface area contributed by atoms with Gasteiger partial charge in [0, 0.05) is 30.9 Å². The van der Waals surface area contributed by atoms with E-state index in [1.54, 1.807) is 6.20 Å². The quantitative estimate of drug-likeness (QED) is 0.665. The predicted octanol–water partition coefficient (Wildman–Crippen LogP) is 0.748. The van der Waals surface area contributed by atoms with Crippen molar-refractivity contribution in [2.75, 3.05) is 13.2 Å². The van der Waals surface area contributed by atoms with E-state index in [4.69, 9.17) is 5.73 Å². The second kappa shape index (κ2) is 5.31. The average Bonchev–Trinajstić information content (AvgIpc) is 2.72. The van der Waals surface area contributed by atoms with Gasteiger partial charge in [0.15, 0.2) is 0 Å². The fraction of sp³-hybridized carbons (Fsp3) is 0.273. The molecule has 2 aromatic heterocycles. The summed E-state index contributed by atoms with van der Waals surface area (Å²) in [7, 11) is 0. The molecule has 17 heavy (non-hydrogen) atoms. The number of H-pyrrole nitrogens is 1. The molecule has 90 valence electrons. The van der Waals surface area contributed by atoms with Gasteiger partial charge in [-0.3, -0.25) is 0 Å². The van der Waals surface area contributed by atoms with Gasteiger partial charge in [-0.15, -0.1) is 0 Å². The Morgan fingerprint density at radius 3 is 3.29 bits per heavy atom. The van der Waals surface area contributed by atoms with Gasteiger partial charge in [0.1, 0.15) is 12.3 Å². The Labute approximate surface area is 98.2 Å². The van der Waals surface area contributed by atoms with E-state index in [0.29, 0.717) is 13.1 Å². The van der Waals surface area contributed by atoms with Crippen molar-refractivity contribution in [2.45, 2.75) is 6.54 Å². The highest BCUT2D eigenvalue weighted by molar-refractivity contribution is 5.79. The molecule has 6 nitrogen and oxygen atoms in total. The van der Waals surface area contributed by atoms with Gasteiger partial charge in [-0.25, -0.2) is 9.78 Å². The minimum absolute atomic E-state index is 0.274. The van der Waals surface area contributed by atoms with Gasteiger partial charge >= 0.3 is 6.09 Å². The molecule has 2 heterocycles. The van der Waals surface area contributed by atoms with Gasteiger partial charge in [-0.2, -0.15) is 0 Å². The Bertz CT molecular complexity index is 509. The van der Waals surface area contributed by atoms with Crippen molar-refractivity contribution < 1.29 is 9.53 Å². The molecule has 4 N–H and O–H groups in total. The van der Waals surface area contributed by atoms with Crippen molar-refractivity contribution >= 4 is 17.1 Å². The number of nitrogens with zero attached hydrogens (tertiary/aromatic N) is 1. The number of pyridine rings is 1. The highest BCUT2D eigenvalue weighted by atomic mass is 16.5. The SMILES string of the molecule is NC(=O)OCCNCc1c[nH]c2ncccc12. The summed E-state index contributed by atoms with van der Waals surface area (Å²) in [5.74, 6) is 0. The number of hydrogen-bond donors (Lipinski definition) is 3. The normalized spacial score (nSPS) is 10.6. The first-order valence-corrected chi connectivity index (χ1v) is 5.31. The van der Waals surface area contributed by atoms with Crippen LogP contribution < -0.4 is 11.1 Å². The standard InChI is InChI=1S/C11H14N4O2/c12-11(16)17-5-4-13-6-8-7-15-10-9(8)2-1-3-14-10/h1-3,7,13H,4-6H2,(H2,12,16)(H,14,15). The number of aromatic nitrogens is 2. The number of amides is 1. The molecule has 0 aliphatic rings. The number of nitrogens with one attached hydrogen (secondary N) is 2. The number of fused-ring (bicyclic) bond motifs is 1. The number of rotatable bonds is 5. The summed E-state index contributed by atoms with van der Waals surface area (Å²) in [6.07, 6.45) is 2.92. The summed E-state index contributed by atoms with van der Waals surface area (Å²) in [6, 6.07) is 3.91. The van der Waals surface area contributed by atoms with Gasteiger partial charge in [0.05, 0.1) is 0 Å². The van der Waals surface area contributed by atoms with E-state index in [9.17, 15) is 4.79 Å². The maximum Gasteiger partial charge on any atom is 0.404 e. The van der Waals surface area contributed by atoms with Crippen LogP contribution in [0.25, 0.3) is 11.0 Å². The summed E-state index contributed by atoms with van der Waals surface area (Å²) in [5.41, 5.74) is 6.85. The molecular formula is C11H14N4O2. The van der Waals surface area contributed by atoms with Crippen LogP contribution in [-0.4, -0.2) is 29.2 Å². The van der Waals surface area contributed by atoms with E-state index in [1.807, 2.05) is 18.3 Å². The van der Waals surface area contributed by atoms with Crippen LogP contribution in [0.3, 0.4) is 0 Å². The number of nitrogens with two attached hydrogens (primary N) is 1. The molecule has 6 heteroatoms. The minimum Gasteiger partial charge on any atom is -0.448 e. The predicted molar refractivity (Wildman–Crippen MR) is 63.3 cm³/mol. The first-order valence-electron chi connectivity index (χ1n) is 5.31. The molecule has 0 atom stereocenters. The van der Waals surface area contributed by atoms with Crippen molar-refractivity contribution in [3.63, 3.8) is 0 Å². The van der Waals surface area contributed by atoms with E-state index < -0.39 is 6.09 Å². The molecule has 0 saturated heterocycles. The van der Waals surface area contributed by atoms with Crippen LogP contribution in [0.1, 0.15) is 5.56 Å². The Balaban J connectivity index is 1.85. The molecule has 1 amide bonds. The van der Waals surface area contributed by atoms with Crippen LogP contribution in [0.2, 0.25) is 0 Å². The number of primary amides is 1. The summed E-state index contributed by atoms with van der Waals surface area (Å²) >= 11 is 0. The molecule has 0 fully saturated rings. The third-order valence-corrected chi connectivity index (χ3v) is 2.38. The van der Waals surface area contributed by atoms with Crippen LogP contribution >= 0.6 is 0 Å².